The molecule has 4 nitrogen and oxygen atoms in total. The van der Waals surface area contributed by atoms with E-state index in [1.165, 1.54) is 57.8 Å². The zero-order valence-corrected chi connectivity index (χ0v) is 16.6. The van der Waals surface area contributed by atoms with Gasteiger partial charge >= 0.3 is 0 Å². The molecule has 0 heterocycles. The molecule has 0 spiro atoms. The van der Waals surface area contributed by atoms with E-state index in [2.05, 4.69) is 6.92 Å². The Balaban J connectivity index is 3.56. The molecule has 2 unspecified atom stereocenters. The van der Waals surface area contributed by atoms with Crippen molar-refractivity contribution < 1.29 is 4.43 Å². The standard InChI is InChI=1S/C16H39N3OSi/c1-3-4-5-6-7-8-9-10-11-12-13-15(20-21)16(18,19)14(2)17/h14-15H,3-13,17-19H2,1-2,21H3. The predicted molar refractivity (Wildman–Crippen MR) is 96.0 cm³/mol. The first-order valence-electron chi connectivity index (χ1n) is 8.82. The molecule has 21 heavy (non-hydrogen) atoms. The van der Waals surface area contributed by atoms with Crippen LogP contribution >= 0.6 is 0 Å². The molecule has 0 aromatic heterocycles. The Morgan fingerprint density at radius 2 is 1.33 bits per heavy atom. The molecule has 5 heteroatoms. The Labute approximate surface area is 135 Å². The SMILES string of the molecule is CCCCCCCCCCCCC(O[SiH3])C(N)(N)C(C)N. The topological polar surface area (TPSA) is 87.3 Å². The summed E-state index contributed by atoms with van der Waals surface area (Å²) in [5, 5.41) is 0. The molecule has 6 N–H and O–H groups in total. The molecule has 0 radical (unpaired) electrons. The third kappa shape index (κ3) is 9.63. The Bertz CT molecular complexity index is 238. The molecule has 2 atom stereocenters. The van der Waals surface area contributed by atoms with Crippen LogP contribution in [0.2, 0.25) is 0 Å². The van der Waals surface area contributed by atoms with E-state index in [0.717, 1.165) is 12.8 Å². The van der Waals surface area contributed by atoms with Crippen LogP contribution in [-0.4, -0.2) is 28.3 Å². The third-order valence-corrected chi connectivity index (χ3v) is 5.02. The van der Waals surface area contributed by atoms with Gasteiger partial charge in [0.2, 0.25) is 0 Å². The average molecular weight is 318 g/mol. The summed E-state index contributed by atoms with van der Waals surface area (Å²) in [7, 11) is 0.654. The highest BCUT2D eigenvalue weighted by Gasteiger charge is 2.33. The summed E-state index contributed by atoms with van der Waals surface area (Å²) in [6.07, 6.45) is 14.2. The Hall–Kier alpha value is 0.0569. The summed E-state index contributed by atoms with van der Waals surface area (Å²) >= 11 is 0. The molecule has 0 aliphatic carbocycles. The van der Waals surface area contributed by atoms with E-state index in [-0.39, 0.29) is 12.1 Å². The molecule has 0 saturated heterocycles. The first-order chi connectivity index (χ1) is 9.96. The second-order valence-electron chi connectivity index (χ2n) is 6.48. The molecule has 128 valence electrons. The first kappa shape index (κ1) is 21.1. The van der Waals surface area contributed by atoms with Crippen molar-refractivity contribution in [3.05, 3.63) is 0 Å². The van der Waals surface area contributed by atoms with Crippen LogP contribution in [-0.2, 0) is 4.43 Å². The Kier molecular flexibility index (Phi) is 12.6. The highest BCUT2D eigenvalue weighted by molar-refractivity contribution is 5.98. The van der Waals surface area contributed by atoms with Gasteiger partial charge in [-0.05, 0) is 13.3 Å². The minimum absolute atomic E-state index is 0.0989. The second-order valence-corrected chi connectivity index (χ2v) is 6.96. The van der Waals surface area contributed by atoms with Gasteiger partial charge in [-0.15, -0.1) is 0 Å². The van der Waals surface area contributed by atoms with Gasteiger partial charge in [-0.25, -0.2) is 0 Å². The fourth-order valence-electron chi connectivity index (χ4n) is 2.68. The number of hydrogen-bond donors (Lipinski definition) is 3. The summed E-state index contributed by atoms with van der Waals surface area (Å²) in [6.45, 7) is 4.12. The van der Waals surface area contributed by atoms with E-state index >= 15 is 0 Å². The zero-order chi connectivity index (χ0) is 16.1. The van der Waals surface area contributed by atoms with Crippen molar-refractivity contribution in [3.8, 4) is 0 Å². The van der Waals surface area contributed by atoms with Gasteiger partial charge in [-0.2, -0.15) is 0 Å². The molecule has 0 aromatic carbocycles. The van der Waals surface area contributed by atoms with E-state index in [9.17, 15) is 0 Å². The first-order valence-corrected chi connectivity index (χ1v) is 9.64. The fraction of sp³-hybridized carbons (Fsp3) is 1.00. The van der Waals surface area contributed by atoms with Crippen LogP contribution in [0.3, 0.4) is 0 Å². The molecule has 0 aromatic rings. The third-order valence-electron chi connectivity index (χ3n) is 4.45. The van der Waals surface area contributed by atoms with E-state index in [1.54, 1.807) is 0 Å². The number of nitrogens with two attached hydrogens (primary N) is 3. The van der Waals surface area contributed by atoms with E-state index < -0.39 is 5.66 Å². The van der Waals surface area contributed by atoms with Gasteiger partial charge in [0.25, 0.3) is 0 Å². The van der Waals surface area contributed by atoms with Crippen molar-refractivity contribution in [3.63, 3.8) is 0 Å². The van der Waals surface area contributed by atoms with E-state index in [4.69, 9.17) is 21.6 Å². The summed E-state index contributed by atoms with van der Waals surface area (Å²) in [6, 6.07) is -0.250. The lowest BCUT2D eigenvalue weighted by molar-refractivity contribution is 0.0959. The second kappa shape index (κ2) is 12.6. The average Bonchev–Trinajstić information content (AvgIpc) is 2.44. The van der Waals surface area contributed by atoms with Crippen LogP contribution in [0.5, 0.6) is 0 Å². The maximum absolute atomic E-state index is 6.08. The van der Waals surface area contributed by atoms with Crippen molar-refractivity contribution in [1.82, 2.24) is 0 Å². The van der Waals surface area contributed by atoms with Crippen LogP contribution in [0.4, 0.5) is 0 Å². The largest absolute Gasteiger partial charge is 0.422 e. The molecular formula is C16H39N3OSi. The number of rotatable bonds is 14. The molecule has 0 fully saturated rings. The van der Waals surface area contributed by atoms with Gasteiger partial charge in [0.1, 0.15) is 16.1 Å². The monoisotopic (exact) mass is 317 g/mol. The van der Waals surface area contributed by atoms with Crippen LogP contribution in [0, 0.1) is 0 Å². The van der Waals surface area contributed by atoms with Crippen molar-refractivity contribution in [2.75, 3.05) is 0 Å². The van der Waals surface area contributed by atoms with Gasteiger partial charge in [-0.1, -0.05) is 71.1 Å². The molecule has 0 saturated carbocycles. The lowest BCUT2D eigenvalue weighted by Gasteiger charge is -2.36. The van der Waals surface area contributed by atoms with Gasteiger partial charge in [0.15, 0.2) is 0 Å². The normalized spacial score (nSPS) is 15.3. The Morgan fingerprint density at radius 3 is 1.71 bits per heavy atom. The minimum atomic E-state index is -0.902. The molecular weight excluding hydrogens is 278 g/mol. The fourth-order valence-corrected chi connectivity index (χ4v) is 3.33. The number of unbranched alkanes of at least 4 members (excludes halogenated alkanes) is 9. The summed E-state index contributed by atoms with van der Waals surface area (Å²) < 4.78 is 5.57. The van der Waals surface area contributed by atoms with Gasteiger partial charge in [0.05, 0.1) is 6.10 Å². The van der Waals surface area contributed by atoms with Crippen LogP contribution < -0.4 is 17.2 Å². The Morgan fingerprint density at radius 1 is 0.905 bits per heavy atom. The number of hydrogen-bond acceptors (Lipinski definition) is 4. The van der Waals surface area contributed by atoms with Crippen molar-refractivity contribution >= 4 is 10.5 Å². The maximum Gasteiger partial charge on any atom is 0.146 e. The smallest absolute Gasteiger partial charge is 0.146 e. The minimum Gasteiger partial charge on any atom is -0.422 e. The van der Waals surface area contributed by atoms with Gasteiger partial charge in [-0.3, -0.25) is 0 Å². The quantitative estimate of drug-likeness (QED) is 0.259. The lowest BCUT2D eigenvalue weighted by Crippen LogP contribution is -2.68. The molecule has 0 rings (SSSR count). The molecule has 0 aliphatic rings. The van der Waals surface area contributed by atoms with E-state index in [0.29, 0.717) is 10.5 Å². The van der Waals surface area contributed by atoms with E-state index in [1.807, 2.05) is 6.92 Å². The van der Waals surface area contributed by atoms with Crippen molar-refractivity contribution in [2.24, 2.45) is 17.2 Å². The lowest BCUT2D eigenvalue weighted by atomic mass is 9.93. The summed E-state index contributed by atoms with van der Waals surface area (Å²) in [4.78, 5) is 0. The van der Waals surface area contributed by atoms with Crippen molar-refractivity contribution in [2.45, 2.75) is 102 Å². The van der Waals surface area contributed by atoms with Crippen LogP contribution in [0.25, 0.3) is 0 Å². The van der Waals surface area contributed by atoms with Gasteiger partial charge in [0, 0.05) is 6.04 Å². The molecule has 0 bridgehead atoms. The van der Waals surface area contributed by atoms with Crippen LogP contribution in [0.1, 0.15) is 84.5 Å². The maximum atomic E-state index is 6.08. The highest BCUT2D eigenvalue weighted by Crippen LogP contribution is 2.17. The summed E-state index contributed by atoms with van der Waals surface area (Å²) in [5.41, 5.74) is 17.1. The molecule has 0 amide bonds. The van der Waals surface area contributed by atoms with Crippen LogP contribution in [0.15, 0.2) is 0 Å². The summed E-state index contributed by atoms with van der Waals surface area (Å²) in [5.74, 6) is 0. The predicted octanol–water partition coefficient (Wildman–Crippen LogP) is 1.92. The van der Waals surface area contributed by atoms with Gasteiger partial charge < -0.3 is 21.6 Å². The highest BCUT2D eigenvalue weighted by atomic mass is 28.2. The zero-order valence-electron chi connectivity index (χ0n) is 14.6. The molecule has 0 aliphatic heterocycles. The van der Waals surface area contributed by atoms with Crippen molar-refractivity contribution in [1.29, 1.82) is 0 Å².